The third kappa shape index (κ3) is 7.04. The van der Waals surface area contributed by atoms with E-state index in [0.29, 0.717) is 6.54 Å². The molecular formula is C14H23FIN3O. The summed E-state index contributed by atoms with van der Waals surface area (Å²) in [6, 6.07) is 6.50. The number of halogens is 2. The van der Waals surface area contributed by atoms with Crippen LogP contribution in [0.15, 0.2) is 29.3 Å². The first-order chi connectivity index (χ1) is 9.17. The molecule has 0 aliphatic heterocycles. The lowest BCUT2D eigenvalue weighted by Gasteiger charge is -2.22. The molecule has 0 atom stereocenters. The van der Waals surface area contributed by atoms with Crippen LogP contribution in [-0.2, 0) is 11.3 Å². The number of nitrogens with one attached hydrogen (secondary N) is 1. The Kier molecular flexibility index (Phi) is 10.4. The van der Waals surface area contributed by atoms with Gasteiger partial charge in [0.2, 0.25) is 0 Å². The summed E-state index contributed by atoms with van der Waals surface area (Å²) < 4.78 is 17.8. The molecule has 0 radical (unpaired) electrons. The Labute approximate surface area is 137 Å². The minimum absolute atomic E-state index is 0. The number of aliphatic imine (C=N–C) groups is 1. The molecular weight excluding hydrogens is 372 g/mol. The molecule has 1 aromatic carbocycles. The lowest BCUT2D eigenvalue weighted by atomic mass is 10.2. The molecule has 0 spiro atoms. The molecule has 0 saturated heterocycles. The van der Waals surface area contributed by atoms with Crippen LogP contribution < -0.4 is 5.32 Å². The molecule has 6 heteroatoms. The maximum Gasteiger partial charge on any atom is 0.193 e. The highest BCUT2D eigenvalue weighted by Crippen LogP contribution is 2.05. The van der Waals surface area contributed by atoms with E-state index in [4.69, 9.17) is 4.74 Å². The van der Waals surface area contributed by atoms with Crippen LogP contribution in [0.25, 0.3) is 0 Å². The van der Waals surface area contributed by atoms with Gasteiger partial charge in [-0.15, -0.1) is 24.0 Å². The zero-order valence-electron chi connectivity index (χ0n) is 12.2. The van der Waals surface area contributed by atoms with Crippen molar-refractivity contribution in [3.63, 3.8) is 0 Å². The summed E-state index contributed by atoms with van der Waals surface area (Å²) in [5.41, 5.74) is 1.05. The van der Waals surface area contributed by atoms with E-state index in [1.807, 2.05) is 11.9 Å². The quantitative estimate of drug-likeness (QED) is 0.348. The van der Waals surface area contributed by atoms with E-state index >= 15 is 0 Å². The summed E-state index contributed by atoms with van der Waals surface area (Å²) in [6.45, 7) is 2.23. The van der Waals surface area contributed by atoms with E-state index in [1.54, 1.807) is 26.3 Å². The van der Waals surface area contributed by atoms with E-state index in [0.717, 1.165) is 31.1 Å². The van der Waals surface area contributed by atoms with E-state index < -0.39 is 0 Å². The monoisotopic (exact) mass is 395 g/mol. The van der Waals surface area contributed by atoms with Gasteiger partial charge in [0.15, 0.2) is 5.96 Å². The fourth-order valence-electron chi connectivity index (χ4n) is 1.74. The first-order valence-electron chi connectivity index (χ1n) is 6.32. The van der Waals surface area contributed by atoms with Crippen LogP contribution in [-0.4, -0.2) is 45.2 Å². The number of ether oxygens (including phenoxy) is 1. The fraction of sp³-hybridized carbons (Fsp3) is 0.500. The van der Waals surface area contributed by atoms with Gasteiger partial charge in [0, 0.05) is 40.9 Å². The zero-order valence-corrected chi connectivity index (χ0v) is 14.6. The molecule has 0 amide bonds. The number of benzene rings is 1. The predicted octanol–water partition coefficient (Wildman–Crippen LogP) is 2.49. The van der Waals surface area contributed by atoms with Gasteiger partial charge in [-0.2, -0.15) is 0 Å². The van der Waals surface area contributed by atoms with Gasteiger partial charge >= 0.3 is 0 Å². The van der Waals surface area contributed by atoms with Crippen molar-refractivity contribution in [3.8, 4) is 0 Å². The molecule has 0 aliphatic rings. The van der Waals surface area contributed by atoms with Crippen LogP contribution in [0.1, 0.15) is 12.0 Å². The Hall–Kier alpha value is -0.890. The Bertz CT molecular complexity index is 398. The summed E-state index contributed by atoms with van der Waals surface area (Å²) in [5, 5.41) is 3.26. The van der Waals surface area contributed by atoms with Crippen LogP contribution in [0.4, 0.5) is 4.39 Å². The highest BCUT2D eigenvalue weighted by atomic mass is 127. The Morgan fingerprint density at radius 2 is 2.00 bits per heavy atom. The second kappa shape index (κ2) is 10.8. The molecule has 114 valence electrons. The molecule has 0 fully saturated rings. The van der Waals surface area contributed by atoms with Gasteiger partial charge in [-0.25, -0.2) is 4.39 Å². The van der Waals surface area contributed by atoms with Gasteiger partial charge in [-0.3, -0.25) is 4.99 Å². The van der Waals surface area contributed by atoms with Gasteiger partial charge in [0.05, 0.1) is 0 Å². The summed E-state index contributed by atoms with van der Waals surface area (Å²) in [5.74, 6) is 0.605. The maximum atomic E-state index is 12.8. The number of hydrogen-bond donors (Lipinski definition) is 1. The van der Waals surface area contributed by atoms with E-state index in [9.17, 15) is 4.39 Å². The SMILES string of the molecule is CN=C(NCCCOC)N(C)Cc1ccc(F)cc1.I. The van der Waals surface area contributed by atoms with Crippen molar-refractivity contribution < 1.29 is 9.13 Å². The average molecular weight is 395 g/mol. The first kappa shape index (κ1) is 19.1. The Morgan fingerprint density at radius 3 is 2.55 bits per heavy atom. The second-order valence-corrected chi connectivity index (χ2v) is 4.30. The summed E-state index contributed by atoms with van der Waals surface area (Å²) >= 11 is 0. The third-order valence-corrected chi connectivity index (χ3v) is 2.71. The van der Waals surface area contributed by atoms with Crippen LogP contribution in [0, 0.1) is 5.82 Å². The van der Waals surface area contributed by atoms with Gasteiger partial charge in [0.25, 0.3) is 0 Å². The molecule has 4 nitrogen and oxygen atoms in total. The summed E-state index contributed by atoms with van der Waals surface area (Å²) in [6.07, 6.45) is 0.930. The van der Waals surface area contributed by atoms with Gasteiger partial charge in [-0.1, -0.05) is 12.1 Å². The molecule has 0 aromatic heterocycles. The molecule has 0 aliphatic carbocycles. The van der Waals surface area contributed by atoms with Crippen molar-refractivity contribution in [2.75, 3.05) is 34.4 Å². The Balaban J connectivity index is 0.00000361. The normalized spacial score (nSPS) is 10.9. The molecule has 1 aromatic rings. The van der Waals surface area contributed by atoms with Gasteiger partial charge < -0.3 is 15.0 Å². The first-order valence-corrected chi connectivity index (χ1v) is 6.32. The smallest absolute Gasteiger partial charge is 0.193 e. The molecule has 1 rings (SSSR count). The van der Waals surface area contributed by atoms with Crippen molar-refractivity contribution in [3.05, 3.63) is 35.6 Å². The van der Waals surface area contributed by atoms with Gasteiger partial charge in [0.1, 0.15) is 5.82 Å². The topological polar surface area (TPSA) is 36.9 Å². The van der Waals surface area contributed by atoms with Crippen molar-refractivity contribution in [2.24, 2.45) is 4.99 Å². The highest BCUT2D eigenvalue weighted by molar-refractivity contribution is 14.0. The van der Waals surface area contributed by atoms with Crippen LogP contribution in [0.5, 0.6) is 0 Å². The van der Waals surface area contributed by atoms with Gasteiger partial charge in [-0.05, 0) is 24.1 Å². The maximum absolute atomic E-state index is 12.8. The van der Waals surface area contributed by atoms with Crippen molar-refractivity contribution >= 4 is 29.9 Å². The van der Waals surface area contributed by atoms with E-state index in [1.165, 1.54) is 12.1 Å². The van der Waals surface area contributed by atoms with Crippen molar-refractivity contribution in [1.82, 2.24) is 10.2 Å². The molecule has 0 heterocycles. The highest BCUT2D eigenvalue weighted by Gasteiger charge is 2.06. The number of nitrogens with zero attached hydrogens (tertiary/aromatic N) is 2. The number of rotatable bonds is 6. The number of methoxy groups -OCH3 is 1. The summed E-state index contributed by atoms with van der Waals surface area (Å²) in [4.78, 5) is 6.22. The minimum atomic E-state index is -0.214. The van der Waals surface area contributed by atoms with Crippen LogP contribution in [0.2, 0.25) is 0 Å². The lowest BCUT2D eigenvalue weighted by molar-refractivity contribution is 0.195. The molecule has 1 N–H and O–H groups in total. The largest absolute Gasteiger partial charge is 0.385 e. The van der Waals surface area contributed by atoms with Crippen molar-refractivity contribution in [2.45, 2.75) is 13.0 Å². The van der Waals surface area contributed by atoms with Crippen LogP contribution >= 0.6 is 24.0 Å². The molecule has 0 bridgehead atoms. The van der Waals surface area contributed by atoms with Crippen molar-refractivity contribution in [1.29, 1.82) is 0 Å². The molecule has 20 heavy (non-hydrogen) atoms. The fourth-order valence-corrected chi connectivity index (χ4v) is 1.74. The zero-order chi connectivity index (χ0) is 14.1. The van der Waals surface area contributed by atoms with E-state index in [-0.39, 0.29) is 29.8 Å². The van der Waals surface area contributed by atoms with E-state index in [2.05, 4.69) is 10.3 Å². The lowest BCUT2D eigenvalue weighted by Crippen LogP contribution is -2.39. The molecule has 0 unspecified atom stereocenters. The van der Waals surface area contributed by atoms with Crippen LogP contribution in [0.3, 0.4) is 0 Å². The second-order valence-electron chi connectivity index (χ2n) is 4.30. The Morgan fingerprint density at radius 1 is 1.35 bits per heavy atom. The minimum Gasteiger partial charge on any atom is -0.385 e. The third-order valence-electron chi connectivity index (χ3n) is 2.71. The number of hydrogen-bond acceptors (Lipinski definition) is 2. The molecule has 0 saturated carbocycles. The standard InChI is InChI=1S/C14H22FN3O.HI/c1-16-14(17-9-4-10-19-3)18(2)11-12-5-7-13(15)8-6-12;/h5-8H,4,9-11H2,1-3H3,(H,16,17);1H. The number of guanidine groups is 1. The summed E-state index contributed by atoms with van der Waals surface area (Å²) in [7, 11) is 5.39. The average Bonchev–Trinajstić information content (AvgIpc) is 2.41. The predicted molar refractivity (Wildman–Crippen MR) is 91.1 cm³/mol.